The first kappa shape index (κ1) is 24.1. The molecule has 36 heavy (non-hydrogen) atoms. The average molecular weight is 493 g/mol. The lowest BCUT2D eigenvalue weighted by Crippen LogP contribution is -2.44. The SMILES string of the molecule is COCCn1ncc2cc(C3(c4ccnc(C)c4)NC(C(N)=O)=CO3)c(N3CCC(CO)CC3)cc21. The summed E-state index contributed by atoms with van der Waals surface area (Å²) in [5.41, 5.74) is 9.09. The summed E-state index contributed by atoms with van der Waals surface area (Å²) in [7, 11) is 1.67. The standard InChI is InChI=1S/C26H32N6O4/c1-17-11-20(3-6-28-17)26(30-22(16-36-26)25(27)34)21-12-19-14-29-32(9-10-35-2)23(19)13-24(21)31-7-4-18(15-33)5-8-31/h3,6,11-14,16,18,30,33H,4-5,7-10,15H2,1-2H3,(H2,27,34). The minimum Gasteiger partial charge on any atom is -0.465 e. The monoisotopic (exact) mass is 492 g/mol. The van der Waals surface area contributed by atoms with Gasteiger partial charge >= 0.3 is 0 Å². The van der Waals surface area contributed by atoms with Crippen LogP contribution in [0.4, 0.5) is 5.69 Å². The van der Waals surface area contributed by atoms with E-state index in [0.717, 1.165) is 59.3 Å². The molecule has 3 aromatic rings. The van der Waals surface area contributed by atoms with Crippen molar-refractivity contribution in [1.82, 2.24) is 20.1 Å². The number of aromatic nitrogens is 3. The maximum absolute atomic E-state index is 12.1. The Labute approximate surface area is 209 Å². The summed E-state index contributed by atoms with van der Waals surface area (Å²) in [5.74, 6) is -0.303. The van der Waals surface area contributed by atoms with Gasteiger partial charge in [0.05, 0.1) is 24.9 Å². The van der Waals surface area contributed by atoms with Crippen LogP contribution in [-0.4, -0.2) is 59.2 Å². The Hall–Kier alpha value is -3.63. The molecule has 0 spiro atoms. The van der Waals surface area contributed by atoms with E-state index < -0.39 is 11.6 Å². The first-order chi connectivity index (χ1) is 17.4. The highest BCUT2D eigenvalue weighted by atomic mass is 16.5. The number of nitrogens with two attached hydrogens (primary N) is 1. The molecular weight excluding hydrogens is 460 g/mol. The molecular formula is C26H32N6O4. The molecule has 1 unspecified atom stereocenters. The number of hydrogen-bond acceptors (Lipinski definition) is 8. The van der Waals surface area contributed by atoms with Gasteiger partial charge in [0.1, 0.15) is 12.0 Å². The molecule has 0 radical (unpaired) electrons. The predicted molar refractivity (Wildman–Crippen MR) is 135 cm³/mol. The van der Waals surface area contributed by atoms with Gasteiger partial charge in [-0.25, -0.2) is 0 Å². The number of fused-ring (bicyclic) bond motifs is 1. The molecule has 10 heteroatoms. The van der Waals surface area contributed by atoms with Gasteiger partial charge in [-0.2, -0.15) is 5.10 Å². The van der Waals surface area contributed by atoms with Gasteiger partial charge in [0.25, 0.3) is 5.91 Å². The molecule has 0 bridgehead atoms. The lowest BCUT2D eigenvalue weighted by molar-refractivity contribution is -0.115. The maximum atomic E-state index is 12.1. The van der Waals surface area contributed by atoms with Crippen LogP contribution in [0.25, 0.3) is 10.9 Å². The third kappa shape index (κ3) is 4.27. The number of rotatable bonds is 8. The Balaban J connectivity index is 1.69. The van der Waals surface area contributed by atoms with Crippen molar-refractivity contribution in [3.63, 3.8) is 0 Å². The van der Waals surface area contributed by atoms with Gasteiger partial charge in [-0.1, -0.05) is 0 Å². The first-order valence-corrected chi connectivity index (χ1v) is 12.2. The second-order valence-electron chi connectivity index (χ2n) is 9.41. The zero-order chi connectivity index (χ0) is 25.3. The quantitative estimate of drug-likeness (QED) is 0.434. The highest BCUT2D eigenvalue weighted by Gasteiger charge is 2.44. The molecule has 0 saturated carbocycles. The van der Waals surface area contributed by atoms with Gasteiger partial charge < -0.3 is 30.5 Å². The second-order valence-corrected chi connectivity index (χ2v) is 9.41. The fourth-order valence-electron chi connectivity index (χ4n) is 5.08. The zero-order valence-electron chi connectivity index (χ0n) is 20.6. The number of methoxy groups -OCH3 is 1. The molecule has 1 saturated heterocycles. The molecule has 1 fully saturated rings. The van der Waals surface area contributed by atoms with Crippen LogP contribution in [0, 0.1) is 12.8 Å². The third-order valence-electron chi connectivity index (χ3n) is 7.09. The normalized spacial score (nSPS) is 20.3. The Morgan fingerprint density at radius 3 is 2.81 bits per heavy atom. The first-order valence-electron chi connectivity index (χ1n) is 12.2. The van der Waals surface area contributed by atoms with E-state index >= 15 is 0 Å². The number of hydrogen-bond donors (Lipinski definition) is 3. The molecule has 190 valence electrons. The molecule has 5 rings (SSSR count). The number of nitrogens with one attached hydrogen (secondary N) is 1. The van der Waals surface area contributed by atoms with E-state index in [9.17, 15) is 9.90 Å². The van der Waals surface area contributed by atoms with E-state index in [1.807, 2.05) is 29.9 Å². The Morgan fingerprint density at radius 1 is 1.33 bits per heavy atom. The van der Waals surface area contributed by atoms with Gasteiger partial charge in [0.15, 0.2) is 0 Å². The van der Waals surface area contributed by atoms with Crippen molar-refractivity contribution in [2.24, 2.45) is 11.7 Å². The topological polar surface area (TPSA) is 128 Å². The summed E-state index contributed by atoms with van der Waals surface area (Å²) in [5, 5.41) is 18.5. The molecule has 4 heterocycles. The number of primary amides is 1. The number of carbonyl (C=O) groups is 1. The Bertz CT molecular complexity index is 1300. The summed E-state index contributed by atoms with van der Waals surface area (Å²) in [6, 6.07) is 8.03. The highest BCUT2D eigenvalue weighted by molar-refractivity contribution is 5.92. The minimum absolute atomic E-state index is 0.195. The lowest BCUT2D eigenvalue weighted by Gasteiger charge is -2.38. The molecule has 1 amide bonds. The van der Waals surface area contributed by atoms with Crippen molar-refractivity contribution in [3.8, 4) is 0 Å². The number of aryl methyl sites for hydroxylation is 1. The number of aliphatic hydroxyl groups is 1. The molecule has 1 aromatic carbocycles. The van der Waals surface area contributed by atoms with Gasteiger partial charge in [-0.3, -0.25) is 14.5 Å². The average Bonchev–Trinajstić information content (AvgIpc) is 3.52. The number of ether oxygens (including phenoxy) is 2. The van der Waals surface area contributed by atoms with Crippen molar-refractivity contribution < 1.29 is 19.4 Å². The molecule has 1 atom stereocenters. The van der Waals surface area contributed by atoms with Crippen molar-refractivity contribution in [1.29, 1.82) is 0 Å². The third-order valence-corrected chi connectivity index (χ3v) is 7.09. The summed E-state index contributed by atoms with van der Waals surface area (Å²) in [6.45, 7) is 4.86. The number of amides is 1. The summed E-state index contributed by atoms with van der Waals surface area (Å²) >= 11 is 0. The van der Waals surface area contributed by atoms with E-state index in [-0.39, 0.29) is 12.3 Å². The molecule has 0 aliphatic carbocycles. The summed E-state index contributed by atoms with van der Waals surface area (Å²) in [4.78, 5) is 18.8. The van der Waals surface area contributed by atoms with Crippen LogP contribution in [0.3, 0.4) is 0 Å². The fraction of sp³-hybridized carbons (Fsp3) is 0.423. The molecule has 10 nitrogen and oxygen atoms in total. The van der Waals surface area contributed by atoms with E-state index in [0.29, 0.717) is 19.1 Å². The number of piperidine rings is 1. The molecule has 2 aliphatic heterocycles. The van der Waals surface area contributed by atoms with Crippen LogP contribution in [0.5, 0.6) is 0 Å². The van der Waals surface area contributed by atoms with Crippen LogP contribution in [0.15, 0.2) is 48.6 Å². The predicted octanol–water partition coefficient (Wildman–Crippen LogP) is 1.74. The number of pyridine rings is 1. The van der Waals surface area contributed by atoms with Crippen LogP contribution < -0.4 is 16.0 Å². The number of carbonyl (C=O) groups excluding carboxylic acids is 1. The van der Waals surface area contributed by atoms with Crippen molar-refractivity contribution in [2.75, 3.05) is 38.3 Å². The smallest absolute Gasteiger partial charge is 0.268 e. The van der Waals surface area contributed by atoms with Crippen LogP contribution in [0.2, 0.25) is 0 Å². The van der Waals surface area contributed by atoms with Crippen LogP contribution >= 0.6 is 0 Å². The van der Waals surface area contributed by atoms with E-state index in [2.05, 4.69) is 32.4 Å². The number of benzene rings is 1. The van der Waals surface area contributed by atoms with Crippen molar-refractivity contribution >= 4 is 22.5 Å². The largest absolute Gasteiger partial charge is 0.465 e. The highest BCUT2D eigenvalue weighted by Crippen LogP contribution is 2.43. The molecule has 4 N–H and O–H groups in total. The van der Waals surface area contributed by atoms with Gasteiger partial charge in [-0.05, 0) is 49.9 Å². The lowest BCUT2D eigenvalue weighted by atomic mass is 9.90. The number of anilines is 1. The van der Waals surface area contributed by atoms with Crippen LogP contribution in [0.1, 0.15) is 29.7 Å². The van der Waals surface area contributed by atoms with Crippen LogP contribution in [-0.2, 0) is 26.5 Å². The summed E-state index contributed by atoms with van der Waals surface area (Å²) in [6.07, 6.45) is 6.73. The Kier molecular flexibility index (Phi) is 6.55. The summed E-state index contributed by atoms with van der Waals surface area (Å²) < 4.78 is 13.5. The van der Waals surface area contributed by atoms with E-state index in [1.54, 1.807) is 13.3 Å². The Morgan fingerprint density at radius 2 is 2.14 bits per heavy atom. The fourth-order valence-corrected chi connectivity index (χ4v) is 5.08. The maximum Gasteiger partial charge on any atom is 0.268 e. The van der Waals surface area contributed by atoms with Gasteiger partial charge in [0, 0.05) is 60.9 Å². The van der Waals surface area contributed by atoms with Gasteiger partial charge in [0.2, 0.25) is 5.72 Å². The van der Waals surface area contributed by atoms with E-state index in [1.165, 1.54) is 6.26 Å². The van der Waals surface area contributed by atoms with Crippen molar-refractivity contribution in [3.05, 3.63) is 65.4 Å². The van der Waals surface area contributed by atoms with E-state index in [4.69, 9.17) is 15.2 Å². The van der Waals surface area contributed by atoms with Crippen molar-refractivity contribution in [2.45, 2.75) is 32.0 Å². The molecule has 2 aromatic heterocycles. The number of nitrogens with zero attached hydrogens (tertiary/aromatic N) is 4. The minimum atomic E-state index is -1.18. The second kappa shape index (κ2) is 9.79. The number of aliphatic hydroxyl groups excluding tert-OH is 1. The van der Waals surface area contributed by atoms with Gasteiger partial charge in [-0.15, -0.1) is 0 Å². The zero-order valence-corrected chi connectivity index (χ0v) is 20.6. The molecule has 2 aliphatic rings.